The highest BCUT2D eigenvalue weighted by molar-refractivity contribution is 6.00. The van der Waals surface area contributed by atoms with Crippen molar-refractivity contribution in [3.05, 3.63) is 83.7 Å². The standard InChI is InChI=1S/C23H19FN6O2/c24-18-3-6-20(16(9-18)10-25)29-19-4-1-15(2-5-19)11-28-22(32)23(7-8-23)30-21(31)17-12-26-14-27-13-17/h1-6,9,12-14,29H,7-8,11H2,(H,28,32)(H,30,31). The Bertz CT molecular complexity index is 1190. The monoisotopic (exact) mass is 430 g/mol. The first-order valence-corrected chi connectivity index (χ1v) is 9.90. The molecular weight excluding hydrogens is 411 g/mol. The highest BCUT2D eigenvalue weighted by Gasteiger charge is 2.51. The van der Waals surface area contributed by atoms with Crippen molar-refractivity contribution in [1.29, 1.82) is 5.26 Å². The number of benzene rings is 2. The molecule has 160 valence electrons. The maximum absolute atomic E-state index is 13.3. The molecule has 1 heterocycles. The fraction of sp³-hybridized carbons (Fsp3) is 0.174. The molecule has 3 aromatic rings. The van der Waals surface area contributed by atoms with Gasteiger partial charge in [-0.1, -0.05) is 12.1 Å². The number of amides is 2. The summed E-state index contributed by atoms with van der Waals surface area (Å²) < 4.78 is 13.3. The highest BCUT2D eigenvalue weighted by Crippen LogP contribution is 2.36. The number of hydrogen-bond acceptors (Lipinski definition) is 6. The summed E-state index contributed by atoms with van der Waals surface area (Å²) in [4.78, 5) is 32.6. The molecule has 3 N–H and O–H groups in total. The SMILES string of the molecule is N#Cc1cc(F)ccc1Nc1ccc(CNC(=O)C2(NC(=O)c3cncnc3)CC2)cc1. The fourth-order valence-electron chi connectivity index (χ4n) is 3.17. The van der Waals surface area contributed by atoms with Crippen LogP contribution >= 0.6 is 0 Å². The molecule has 2 amide bonds. The second-order valence-electron chi connectivity index (χ2n) is 7.47. The van der Waals surface area contributed by atoms with E-state index in [1.807, 2.05) is 18.2 Å². The van der Waals surface area contributed by atoms with Crippen LogP contribution in [0.1, 0.15) is 34.3 Å². The van der Waals surface area contributed by atoms with E-state index >= 15 is 0 Å². The van der Waals surface area contributed by atoms with Gasteiger partial charge < -0.3 is 16.0 Å². The Kier molecular flexibility index (Phi) is 5.77. The van der Waals surface area contributed by atoms with E-state index in [9.17, 15) is 14.0 Å². The Morgan fingerprint density at radius 2 is 1.81 bits per heavy atom. The molecule has 0 aliphatic heterocycles. The van der Waals surface area contributed by atoms with Crippen molar-refractivity contribution in [1.82, 2.24) is 20.6 Å². The summed E-state index contributed by atoms with van der Waals surface area (Å²) in [5, 5.41) is 17.9. The molecule has 0 atom stereocenters. The summed E-state index contributed by atoms with van der Waals surface area (Å²) in [7, 11) is 0. The van der Waals surface area contributed by atoms with Gasteiger partial charge >= 0.3 is 0 Å². The van der Waals surface area contributed by atoms with Crippen LogP contribution in [0.25, 0.3) is 0 Å². The summed E-state index contributed by atoms with van der Waals surface area (Å²) in [6.07, 6.45) is 5.27. The van der Waals surface area contributed by atoms with Gasteiger partial charge in [0.1, 0.15) is 23.8 Å². The van der Waals surface area contributed by atoms with Crippen LogP contribution in [0.3, 0.4) is 0 Å². The van der Waals surface area contributed by atoms with Crippen molar-refractivity contribution in [2.75, 3.05) is 5.32 Å². The average molecular weight is 430 g/mol. The topological polar surface area (TPSA) is 120 Å². The lowest BCUT2D eigenvalue weighted by Gasteiger charge is -2.17. The number of nitrogens with one attached hydrogen (secondary N) is 3. The van der Waals surface area contributed by atoms with Crippen LogP contribution in [-0.2, 0) is 11.3 Å². The zero-order chi connectivity index (χ0) is 22.6. The summed E-state index contributed by atoms with van der Waals surface area (Å²) in [5.41, 5.74) is 1.70. The van der Waals surface area contributed by atoms with Gasteiger partial charge in [-0.3, -0.25) is 9.59 Å². The largest absolute Gasteiger partial charge is 0.354 e. The fourth-order valence-corrected chi connectivity index (χ4v) is 3.17. The molecule has 1 aromatic heterocycles. The van der Waals surface area contributed by atoms with Gasteiger partial charge in [0.25, 0.3) is 5.91 Å². The average Bonchev–Trinajstić information content (AvgIpc) is 3.60. The number of nitrogens with zero attached hydrogens (tertiary/aromatic N) is 3. The van der Waals surface area contributed by atoms with E-state index in [1.165, 1.54) is 36.9 Å². The van der Waals surface area contributed by atoms with Gasteiger partial charge in [0.05, 0.1) is 16.8 Å². The zero-order valence-electron chi connectivity index (χ0n) is 16.9. The van der Waals surface area contributed by atoms with Gasteiger partial charge in [0.15, 0.2) is 0 Å². The third kappa shape index (κ3) is 4.70. The van der Waals surface area contributed by atoms with E-state index in [0.717, 1.165) is 11.3 Å². The first-order chi connectivity index (χ1) is 15.5. The molecule has 1 fully saturated rings. The number of hydrogen-bond donors (Lipinski definition) is 3. The summed E-state index contributed by atoms with van der Waals surface area (Å²) in [6, 6.07) is 13.2. The van der Waals surface area contributed by atoms with Crippen LogP contribution in [0.4, 0.5) is 15.8 Å². The molecule has 4 rings (SSSR count). The quantitative estimate of drug-likeness (QED) is 0.530. The van der Waals surface area contributed by atoms with Gasteiger partial charge in [-0.25, -0.2) is 14.4 Å². The van der Waals surface area contributed by atoms with Crippen molar-refractivity contribution in [3.63, 3.8) is 0 Å². The van der Waals surface area contributed by atoms with Crippen molar-refractivity contribution >= 4 is 23.2 Å². The van der Waals surface area contributed by atoms with Gasteiger partial charge in [0.2, 0.25) is 5.91 Å². The van der Waals surface area contributed by atoms with Crippen molar-refractivity contribution in [3.8, 4) is 6.07 Å². The maximum atomic E-state index is 13.3. The van der Waals surface area contributed by atoms with Crippen molar-refractivity contribution < 1.29 is 14.0 Å². The molecule has 0 saturated heterocycles. The van der Waals surface area contributed by atoms with E-state index in [-0.39, 0.29) is 17.4 Å². The number of carbonyl (C=O) groups is 2. The molecule has 0 spiro atoms. The molecular formula is C23H19FN6O2. The molecule has 0 unspecified atom stereocenters. The second kappa shape index (κ2) is 8.81. The lowest BCUT2D eigenvalue weighted by atomic mass is 10.1. The van der Waals surface area contributed by atoms with Crippen LogP contribution in [0.15, 0.2) is 61.2 Å². The van der Waals surface area contributed by atoms with E-state index in [0.29, 0.717) is 30.6 Å². The minimum Gasteiger partial charge on any atom is -0.354 e. The normalized spacial score (nSPS) is 13.5. The molecule has 2 aromatic carbocycles. The summed E-state index contributed by atoms with van der Waals surface area (Å²) in [6.45, 7) is 0.297. The first-order valence-electron chi connectivity index (χ1n) is 9.90. The molecule has 1 saturated carbocycles. The van der Waals surface area contributed by atoms with Crippen molar-refractivity contribution in [2.45, 2.75) is 24.9 Å². The third-order valence-corrected chi connectivity index (χ3v) is 5.15. The second-order valence-corrected chi connectivity index (χ2v) is 7.47. The Morgan fingerprint density at radius 1 is 1.09 bits per heavy atom. The van der Waals surface area contributed by atoms with Gasteiger partial charge in [-0.05, 0) is 48.7 Å². The predicted octanol–water partition coefficient (Wildman–Crippen LogP) is 2.81. The number of aromatic nitrogens is 2. The first kappa shape index (κ1) is 20.9. The van der Waals surface area contributed by atoms with Gasteiger partial charge in [-0.2, -0.15) is 5.26 Å². The number of nitriles is 1. The molecule has 8 nitrogen and oxygen atoms in total. The van der Waals surface area contributed by atoms with Crippen LogP contribution < -0.4 is 16.0 Å². The molecule has 9 heteroatoms. The lowest BCUT2D eigenvalue weighted by Crippen LogP contribution is -2.48. The van der Waals surface area contributed by atoms with E-state index in [2.05, 4.69) is 25.9 Å². The summed E-state index contributed by atoms with van der Waals surface area (Å²) in [5.74, 6) is -1.10. The smallest absolute Gasteiger partial charge is 0.255 e. The van der Waals surface area contributed by atoms with Crippen LogP contribution in [-0.4, -0.2) is 27.3 Å². The summed E-state index contributed by atoms with van der Waals surface area (Å²) >= 11 is 0. The van der Waals surface area contributed by atoms with Crippen LogP contribution in [0.5, 0.6) is 0 Å². The Morgan fingerprint density at radius 3 is 2.47 bits per heavy atom. The van der Waals surface area contributed by atoms with E-state index < -0.39 is 11.4 Å². The molecule has 0 radical (unpaired) electrons. The third-order valence-electron chi connectivity index (χ3n) is 5.15. The van der Waals surface area contributed by atoms with E-state index in [4.69, 9.17) is 5.26 Å². The highest BCUT2D eigenvalue weighted by atomic mass is 19.1. The van der Waals surface area contributed by atoms with Crippen molar-refractivity contribution in [2.24, 2.45) is 0 Å². The van der Waals surface area contributed by atoms with Gasteiger partial charge in [-0.15, -0.1) is 0 Å². The van der Waals surface area contributed by atoms with Crippen LogP contribution in [0, 0.1) is 17.1 Å². The molecule has 1 aliphatic carbocycles. The van der Waals surface area contributed by atoms with E-state index in [1.54, 1.807) is 12.1 Å². The van der Waals surface area contributed by atoms with Crippen LogP contribution in [0.2, 0.25) is 0 Å². The zero-order valence-corrected chi connectivity index (χ0v) is 16.9. The number of carbonyl (C=O) groups excluding carboxylic acids is 2. The predicted molar refractivity (Wildman–Crippen MR) is 114 cm³/mol. The maximum Gasteiger partial charge on any atom is 0.255 e. The Hall–Kier alpha value is -4.32. The van der Waals surface area contributed by atoms with Gasteiger partial charge in [0, 0.05) is 24.6 Å². The minimum absolute atomic E-state index is 0.209. The Balaban J connectivity index is 1.33. The Labute approximate surface area is 183 Å². The molecule has 0 bridgehead atoms. The molecule has 32 heavy (non-hydrogen) atoms. The lowest BCUT2D eigenvalue weighted by molar-refractivity contribution is -0.124. The minimum atomic E-state index is -0.898. The molecule has 1 aliphatic rings. The number of rotatable bonds is 7. The number of anilines is 2. The number of halogens is 1.